The SMILES string of the molecule is CCN(C)CCNC(=O)c1cnc(C)cc1Cl. The van der Waals surface area contributed by atoms with E-state index in [0.29, 0.717) is 17.1 Å². The lowest BCUT2D eigenvalue weighted by atomic mass is 10.2. The molecule has 1 amide bonds. The van der Waals surface area contributed by atoms with Crippen molar-refractivity contribution in [1.29, 1.82) is 0 Å². The molecule has 1 aromatic heterocycles. The zero-order valence-electron chi connectivity index (χ0n) is 10.5. The molecule has 0 aliphatic heterocycles. The number of carbonyl (C=O) groups is 1. The van der Waals surface area contributed by atoms with Crippen LogP contribution in [0.3, 0.4) is 0 Å². The van der Waals surface area contributed by atoms with Gasteiger partial charge in [0.2, 0.25) is 0 Å². The van der Waals surface area contributed by atoms with Crippen molar-refractivity contribution in [2.45, 2.75) is 13.8 Å². The summed E-state index contributed by atoms with van der Waals surface area (Å²) in [5.74, 6) is -0.174. The molecular formula is C12H18ClN3O. The van der Waals surface area contributed by atoms with Gasteiger partial charge in [0, 0.05) is 25.0 Å². The number of halogens is 1. The van der Waals surface area contributed by atoms with Gasteiger partial charge in [-0.05, 0) is 26.6 Å². The first-order valence-corrected chi connectivity index (χ1v) is 6.01. The fourth-order valence-electron chi connectivity index (χ4n) is 1.31. The van der Waals surface area contributed by atoms with E-state index in [4.69, 9.17) is 11.6 Å². The van der Waals surface area contributed by atoms with E-state index in [0.717, 1.165) is 18.8 Å². The van der Waals surface area contributed by atoms with Crippen molar-refractivity contribution >= 4 is 17.5 Å². The number of nitrogens with one attached hydrogen (secondary N) is 1. The lowest BCUT2D eigenvalue weighted by Crippen LogP contribution is -2.33. The van der Waals surface area contributed by atoms with Crippen molar-refractivity contribution < 1.29 is 4.79 Å². The summed E-state index contributed by atoms with van der Waals surface area (Å²) in [6, 6.07) is 1.69. The molecule has 0 unspecified atom stereocenters. The van der Waals surface area contributed by atoms with Crippen LogP contribution in [-0.4, -0.2) is 42.5 Å². The second-order valence-electron chi connectivity index (χ2n) is 3.96. The second kappa shape index (κ2) is 6.57. The van der Waals surface area contributed by atoms with E-state index >= 15 is 0 Å². The van der Waals surface area contributed by atoms with Crippen LogP contribution in [0.1, 0.15) is 23.0 Å². The third-order valence-corrected chi connectivity index (χ3v) is 2.87. The minimum absolute atomic E-state index is 0.174. The van der Waals surface area contributed by atoms with Crippen LogP contribution < -0.4 is 5.32 Å². The molecule has 4 nitrogen and oxygen atoms in total. The third-order valence-electron chi connectivity index (χ3n) is 2.55. The van der Waals surface area contributed by atoms with Crippen LogP contribution in [0.15, 0.2) is 12.3 Å². The summed E-state index contributed by atoms with van der Waals surface area (Å²) in [4.78, 5) is 18.0. The lowest BCUT2D eigenvalue weighted by molar-refractivity contribution is 0.0950. The molecule has 0 fully saturated rings. The molecule has 1 N–H and O–H groups in total. The minimum atomic E-state index is -0.174. The smallest absolute Gasteiger partial charge is 0.254 e. The first-order chi connectivity index (χ1) is 8.04. The van der Waals surface area contributed by atoms with Crippen molar-refractivity contribution in [1.82, 2.24) is 15.2 Å². The predicted molar refractivity (Wildman–Crippen MR) is 69.5 cm³/mol. The number of hydrogen-bond donors (Lipinski definition) is 1. The Hall–Kier alpha value is -1.13. The van der Waals surface area contributed by atoms with Gasteiger partial charge in [0.15, 0.2) is 0 Å². The summed E-state index contributed by atoms with van der Waals surface area (Å²) >= 11 is 5.98. The van der Waals surface area contributed by atoms with Crippen molar-refractivity contribution in [2.24, 2.45) is 0 Å². The molecule has 0 aliphatic carbocycles. The van der Waals surface area contributed by atoms with Gasteiger partial charge in [-0.25, -0.2) is 0 Å². The topological polar surface area (TPSA) is 45.2 Å². The Labute approximate surface area is 107 Å². The van der Waals surface area contributed by atoms with Gasteiger partial charge in [-0.2, -0.15) is 0 Å². The Morgan fingerprint density at radius 3 is 2.88 bits per heavy atom. The van der Waals surface area contributed by atoms with E-state index in [1.807, 2.05) is 14.0 Å². The van der Waals surface area contributed by atoms with Crippen LogP contribution >= 0.6 is 11.6 Å². The highest BCUT2D eigenvalue weighted by Gasteiger charge is 2.10. The number of pyridine rings is 1. The summed E-state index contributed by atoms with van der Waals surface area (Å²) in [7, 11) is 2.01. The monoisotopic (exact) mass is 255 g/mol. The fraction of sp³-hybridized carbons (Fsp3) is 0.500. The molecule has 1 rings (SSSR count). The van der Waals surface area contributed by atoms with Crippen molar-refractivity contribution in [3.63, 3.8) is 0 Å². The highest BCUT2D eigenvalue weighted by molar-refractivity contribution is 6.33. The van der Waals surface area contributed by atoms with Crippen LogP contribution in [0.5, 0.6) is 0 Å². The van der Waals surface area contributed by atoms with E-state index in [1.54, 1.807) is 6.07 Å². The zero-order valence-corrected chi connectivity index (χ0v) is 11.2. The van der Waals surface area contributed by atoms with Crippen molar-refractivity contribution in [3.8, 4) is 0 Å². The average Bonchev–Trinajstić information content (AvgIpc) is 2.28. The van der Waals surface area contributed by atoms with Crippen LogP contribution in [0.25, 0.3) is 0 Å². The van der Waals surface area contributed by atoms with E-state index in [2.05, 4.69) is 22.1 Å². The van der Waals surface area contributed by atoms with Gasteiger partial charge in [0.25, 0.3) is 5.91 Å². The number of likely N-dealkylation sites (N-methyl/N-ethyl adjacent to an activating group) is 1. The summed E-state index contributed by atoms with van der Waals surface area (Å²) in [5, 5.41) is 3.26. The second-order valence-corrected chi connectivity index (χ2v) is 4.36. The van der Waals surface area contributed by atoms with Gasteiger partial charge in [-0.15, -0.1) is 0 Å². The molecule has 0 bridgehead atoms. The number of nitrogens with zero attached hydrogens (tertiary/aromatic N) is 2. The molecule has 0 aliphatic rings. The maximum Gasteiger partial charge on any atom is 0.254 e. The summed E-state index contributed by atoms with van der Waals surface area (Å²) < 4.78 is 0. The number of aryl methyl sites for hydroxylation is 1. The predicted octanol–water partition coefficient (Wildman–Crippen LogP) is 1.72. The maximum absolute atomic E-state index is 11.8. The number of carbonyl (C=O) groups excluding carboxylic acids is 1. The largest absolute Gasteiger partial charge is 0.351 e. The van der Waals surface area contributed by atoms with Crippen molar-refractivity contribution in [2.75, 3.05) is 26.7 Å². The molecule has 0 saturated carbocycles. The molecule has 94 valence electrons. The molecule has 0 radical (unpaired) electrons. The highest BCUT2D eigenvalue weighted by Crippen LogP contribution is 2.15. The number of aromatic nitrogens is 1. The van der Waals surface area contributed by atoms with Gasteiger partial charge in [0.1, 0.15) is 0 Å². The van der Waals surface area contributed by atoms with Crippen LogP contribution in [0, 0.1) is 6.92 Å². The fourth-order valence-corrected chi connectivity index (χ4v) is 1.60. The molecule has 0 aromatic carbocycles. The summed E-state index contributed by atoms with van der Waals surface area (Å²) in [6.45, 7) is 6.29. The molecule has 1 aromatic rings. The quantitative estimate of drug-likeness (QED) is 0.872. The van der Waals surface area contributed by atoms with E-state index in [9.17, 15) is 4.79 Å². The Balaban J connectivity index is 2.52. The van der Waals surface area contributed by atoms with Crippen molar-refractivity contribution in [3.05, 3.63) is 28.5 Å². The van der Waals surface area contributed by atoms with Crippen LogP contribution in [0.2, 0.25) is 5.02 Å². The number of hydrogen-bond acceptors (Lipinski definition) is 3. The van der Waals surface area contributed by atoms with Gasteiger partial charge >= 0.3 is 0 Å². The Kier molecular flexibility index (Phi) is 5.38. The minimum Gasteiger partial charge on any atom is -0.351 e. The molecule has 17 heavy (non-hydrogen) atoms. The van der Waals surface area contributed by atoms with Gasteiger partial charge in [-0.1, -0.05) is 18.5 Å². The lowest BCUT2D eigenvalue weighted by Gasteiger charge is -2.14. The average molecular weight is 256 g/mol. The normalized spacial score (nSPS) is 10.6. The van der Waals surface area contributed by atoms with Crippen LogP contribution in [-0.2, 0) is 0 Å². The van der Waals surface area contributed by atoms with Gasteiger partial charge < -0.3 is 10.2 Å². The molecule has 1 heterocycles. The highest BCUT2D eigenvalue weighted by atomic mass is 35.5. The van der Waals surface area contributed by atoms with E-state index in [1.165, 1.54) is 6.20 Å². The Morgan fingerprint density at radius 2 is 2.29 bits per heavy atom. The standard InChI is InChI=1S/C12H18ClN3O/c1-4-16(3)6-5-14-12(17)10-8-15-9(2)7-11(10)13/h7-8H,4-6H2,1-3H3,(H,14,17). The van der Waals surface area contributed by atoms with Crippen LogP contribution in [0.4, 0.5) is 0 Å². The number of rotatable bonds is 5. The Morgan fingerprint density at radius 1 is 1.59 bits per heavy atom. The van der Waals surface area contributed by atoms with Gasteiger partial charge in [-0.3, -0.25) is 9.78 Å². The van der Waals surface area contributed by atoms with Gasteiger partial charge in [0.05, 0.1) is 10.6 Å². The molecular weight excluding hydrogens is 238 g/mol. The molecule has 0 atom stereocenters. The third kappa shape index (κ3) is 4.32. The summed E-state index contributed by atoms with van der Waals surface area (Å²) in [6.07, 6.45) is 1.51. The van der Waals surface area contributed by atoms with E-state index < -0.39 is 0 Å². The summed E-state index contributed by atoms with van der Waals surface area (Å²) in [5.41, 5.74) is 1.23. The molecule has 5 heteroatoms. The number of amides is 1. The maximum atomic E-state index is 11.8. The Bertz CT molecular complexity index is 395. The first-order valence-electron chi connectivity index (χ1n) is 5.63. The van der Waals surface area contributed by atoms with E-state index in [-0.39, 0.29) is 5.91 Å². The molecule has 0 saturated heterocycles. The molecule has 0 spiro atoms. The first kappa shape index (κ1) is 13.9. The zero-order chi connectivity index (χ0) is 12.8.